The molecule has 0 unspecified atom stereocenters. The molecule has 0 bridgehead atoms. The molecule has 0 aromatic heterocycles. The molecule has 6 heteroatoms. The van der Waals surface area contributed by atoms with Gasteiger partial charge in [-0.1, -0.05) is 85.7 Å². The fourth-order valence-corrected chi connectivity index (χ4v) is 12.1. The number of hydrogen-bond acceptors (Lipinski definition) is 1. The van der Waals surface area contributed by atoms with Gasteiger partial charge in [-0.05, 0) is 94.2 Å². The van der Waals surface area contributed by atoms with Gasteiger partial charge in [-0.3, -0.25) is 0 Å². The van der Waals surface area contributed by atoms with Gasteiger partial charge in [0.15, 0.2) is 0 Å². The van der Waals surface area contributed by atoms with Gasteiger partial charge in [0.1, 0.15) is 0 Å². The van der Waals surface area contributed by atoms with E-state index in [-0.39, 0.29) is 19.5 Å². The Morgan fingerprint density at radius 1 is 0.543 bits per heavy atom. The molecule has 3 radical (unpaired) electrons. The van der Waals surface area contributed by atoms with Crippen LogP contribution >= 0.6 is 31.7 Å². The van der Waals surface area contributed by atoms with Crippen molar-refractivity contribution in [2.75, 3.05) is 73.9 Å². The summed E-state index contributed by atoms with van der Waals surface area (Å²) in [5.74, 6) is 0. The molecule has 0 saturated heterocycles. The molecule has 0 spiro atoms. The summed E-state index contributed by atoms with van der Waals surface area (Å²) in [6.07, 6.45) is 19.3. The van der Waals surface area contributed by atoms with Crippen LogP contribution in [0.4, 0.5) is 0 Å². The van der Waals surface area contributed by atoms with Crippen LogP contribution in [0.5, 0.6) is 0 Å². The van der Waals surface area contributed by atoms with E-state index in [4.69, 9.17) is 12.6 Å². The Morgan fingerprint density at radius 3 is 0.857 bits per heavy atom. The molecular weight excluding hydrogens is 605 g/mol. The summed E-state index contributed by atoms with van der Waals surface area (Å²) in [7, 11) is 1.66. The summed E-state index contributed by atoms with van der Waals surface area (Å²) in [4.78, 5) is 0.905. The standard InChI is InChI=1S/2C10H24P2.C6H6S.C3H5.Ru/c2*1-5-11(6-2)9-10-12(7-3)8-4;7-6-4-2-1-3-5-6;1-3-2;/h2*5-10H2,1-4H3;1-5,7H;3H,1-2H2;/q;;;;+2/p-1. The smallest absolute Gasteiger partial charge is 0.780 e. The van der Waals surface area contributed by atoms with E-state index in [1.165, 1.54) is 55.7 Å². The van der Waals surface area contributed by atoms with E-state index in [9.17, 15) is 0 Å². The molecule has 35 heavy (non-hydrogen) atoms. The van der Waals surface area contributed by atoms with Crippen molar-refractivity contribution in [3.63, 3.8) is 0 Å². The first kappa shape index (κ1) is 43.8. The Kier molecular flexibility index (Phi) is 44.8. The summed E-state index contributed by atoms with van der Waals surface area (Å²) >= 11 is 4.81. The van der Waals surface area contributed by atoms with Crippen molar-refractivity contribution in [2.24, 2.45) is 0 Å². The van der Waals surface area contributed by atoms with Gasteiger partial charge in [-0.25, -0.2) is 0 Å². The molecule has 0 aliphatic carbocycles. The van der Waals surface area contributed by atoms with Crippen LogP contribution in [0.1, 0.15) is 55.4 Å². The molecule has 1 aromatic rings. The molecule has 0 fully saturated rings. The average molecular weight is 664 g/mol. The molecule has 1 rings (SSSR count). The second-order valence-electron chi connectivity index (χ2n) is 7.71. The maximum absolute atomic E-state index is 4.81. The molecule has 0 atom stereocenters. The zero-order chi connectivity index (χ0) is 26.6. The molecule has 0 N–H and O–H groups in total. The Bertz CT molecular complexity index is 415. The predicted octanol–water partition coefficient (Wildman–Crippen LogP) is 10.5. The van der Waals surface area contributed by atoms with Gasteiger partial charge in [-0.15, -0.1) is 31.7 Å². The second-order valence-corrected chi connectivity index (χ2v) is 20.4. The van der Waals surface area contributed by atoms with Crippen molar-refractivity contribution in [1.29, 1.82) is 0 Å². The molecular formula is C29H58P4RuS+. The van der Waals surface area contributed by atoms with Crippen molar-refractivity contribution in [3.05, 3.63) is 50.6 Å². The average Bonchev–Trinajstić information content (AvgIpc) is 2.87. The van der Waals surface area contributed by atoms with Crippen molar-refractivity contribution in [1.82, 2.24) is 0 Å². The van der Waals surface area contributed by atoms with E-state index in [1.807, 2.05) is 30.3 Å². The van der Waals surface area contributed by atoms with Crippen LogP contribution in [0.2, 0.25) is 0 Å². The van der Waals surface area contributed by atoms with Crippen molar-refractivity contribution in [2.45, 2.75) is 60.3 Å². The predicted molar refractivity (Wildman–Crippen MR) is 179 cm³/mol. The first-order chi connectivity index (χ1) is 16.4. The van der Waals surface area contributed by atoms with E-state index in [1.54, 1.807) is 24.6 Å². The third-order valence-electron chi connectivity index (χ3n) is 5.79. The monoisotopic (exact) mass is 664 g/mol. The summed E-state index contributed by atoms with van der Waals surface area (Å²) in [5.41, 5.74) is 0. The fourth-order valence-electron chi connectivity index (χ4n) is 3.15. The number of benzene rings is 1. The van der Waals surface area contributed by atoms with Crippen LogP contribution in [0, 0.1) is 20.3 Å². The molecule has 0 aliphatic heterocycles. The molecule has 0 heterocycles. The summed E-state index contributed by atoms with van der Waals surface area (Å²) in [6.45, 7) is 25.4. The maximum atomic E-state index is 4.81. The van der Waals surface area contributed by atoms with E-state index >= 15 is 0 Å². The van der Waals surface area contributed by atoms with Crippen LogP contribution in [0.15, 0.2) is 35.2 Å². The molecule has 0 amide bonds. The van der Waals surface area contributed by atoms with E-state index in [2.05, 4.69) is 69.2 Å². The SMILES string of the molecule is CCP(CC)CCP(CC)CC.CCP(CC)CCP(CC)CC.[CH2][CH][CH2].[Ru+2].[S-]c1ccccc1. The van der Waals surface area contributed by atoms with Crippen molar-refractivity contribution < 1.29 is 19.5 Å². The minimum Gasteiger partial charge on any atom is -0.780 e. The van der Waals surface area contributed by atoms with Gasteiger partial charge < -0.3 is 12.6 Å². The maximum Gasteiger partial charge on any atom is 2.00 e. The molecule has 1 aromatic carbocycles. The van der Waals surface area contributed by atoms with Gasteiger partial charge in [0.2, 0.25) is 0 Å². The Balaban J connectivity index is -0.000000197. The van der Waals surface area contributed by atoms with E-state index in [0.717, 1.165) is 4.90 Å². The molecule has 0 saturated carbocycles. The Labute approximate surface area is 247 Å². The minimum absolute atomic E-state index is 0. The molecule has 207 valence electrons. The van der Waals surface area contributed by atoms with Crippen LogP contribution in [0.3, 0.4) is 0 Å². The quantitative estimate of drug-likeness (QED) is 0.108. The van der Waals surface area contributed by atoms with Gasteiger partial charge >= 0.3 is 19.5 Å². The van der Waals surface area contributed by atoms with Gasteiger partial charge in [0.05, 0.1) is 0 Å². The summed E-state index contributed by atoms with van der Waals surface area (Å²) < 4.78 is 0. The van der Waals surface area contributed by atoms with Crippen LogP contribution in [-0.4, -0.2) is 73.9 Å². The van der Waals surface area contributed by atoms with Crippen LogP contribution in [0.25, 0.3) is 0 Å². The molecule has 0 aliphatic rings. The van der Waals surface area contributed by atoms with Crippen LogP contribution in [-0.2, 0) is 32.1 Å². The zero-order valence-corrected chi connectivity index (χ0v) is 30.5. The van der Waals surface area contributed by atoms with E-state index < -0.39 is 0 Å². The largest absolute Gasteiger partial charge is 2.00 e. The van der Waals surface area contributed by atoms with Crippen molar-refractivity contribution in [3.8, 4) is 0 Å². The first-order valence-corrected chi connectivity index (χ1v) is 21.4. The fraction of sp³-hybridized carbons (Fsp3) is 0.690. The van der Waals surface area contributed by atoms with Gasteiger partial charge in [-0.2, -0.15) is 4.90 Å². The van der Waals surface area contributed by atoms with Gasteiger partial charge in [0, 0.05) is 0 Å². The van der Waals surface area contributed by atoms with Gasteiger partial charge in [0.25, 0.3) is 0 Å². The normalized spacial score (nSPS) is 10.1. The zero-order valence-electron chi connectivity index (χ0n) is 24.4. The third kappa shape index (κ3) is 31.9. The summed E-state index contributed by atoms with van der Waals surface area (Å²) in [6, 6.07) is 9.62. The van der Waals surface area contributed by atoms with Crippen LogP contribution < -0.4 is 0 Å². The summed E-state index contributed by atoms with van der Waals surface area (Å²) in [5, 5.41) is 0. The Hall–Kier alpha value is 1.78. The van der Waals surface area contributed by atoms with E-state index in [0.29, 0.717) is 31.7 Å². The van der Waals surface area contributed by atoms with Crippen molar-refractivity contribution >= 4 is 44.3 Å². The second kappa shape index (κ2) is 35.8. The third-order valence-corrected chi connectivity index (χ3v) is 17.3. The number of hydrogen-bond donors (Lipinski definition) is 0. The topological polar surface area (TPSA) is 0 Å². The Morgan fingerprint density at radius 2 is 0.743 bits per heavy atom. The molecule has 0 nitrogen and oxygen atoms in total. The first-order valence-electron chi connectivity index (χ1n) is 13.4. The minimum atomic E-state index is 0. The number of rotatable bonds is 14.